The number of hydrogen-bond donors (Lipinski definition) is 3. The number of carbonyl (C=O) groups is 2. The van der Waals surface area contributed by atoms with Crippen molar-refractivity contribution in [3.05, 3.63) is 70.3 Å². The number of aldehydes is 1. The molecule has 0 aliphatic heterocycles. The van der Waals surface area contributed by atoms with Gasteiger partial charge < -0.3 is 15.9 Å². The van der Waals surface area contributed by atoms with Gasteiger partial charge in [-0.2, -0.15) is 0 Å². The Labute approximate surface area is 196 Å². The van der Waals surface area contributed by atoms with Crippen LogP contribution < -0.4 is 5.73 Å². The average molecular weight is 450 g/mol. The molecular weight excluding hydrogens is 414 g/mol. The van der Waals surface area contributed by atoms with Gasteiger partial charge in [0.1, 0.15) is 6.29 Å². The molecule has 6 unspecified atom stereocenters. The predicted octanol–water partition coefficient (Wildman–Crippen LogP) is 3.89. The molecule has 2 saturated carbocycles. The Kier molecular flexibility index (Phi) is 6.73. The summed E-state index contributed by atoms with van der Waals surface area (Å²) in [6, 6.07) is 13.8. The zero-order chi connectivity index (χ0) is 23.8. The largest absolute Gasteiger partial charge is 0.400 e. The van der Waals surface area contributed by atoms with Gasteiger partial charge in [-0.25, -0.2) is 0 Å². The normalized spacial score (nSPS) is 31.9. The van der Waals surface area contributed by atoms with Gasteiger partial charge in [-0.1, -0.05) is 31.2 Å². The second-order valence-electron chi connectivity index (χ2n) is 10.2. The molecule has 2 fully saturated rings. The number of benzene rings is 2. The van der Waals surface area contributed by atoms with E-state index in [-0.39, 0.29) is 17.4 Å². The van der Waals surface area contributed by atoms with Crippen LogP contribution in [0.2, 0.25) is 0 Å². The molecule has 0 aromatic heterocycles. The van der Waals surface area contributed by atoms with E-state index in [0.717, 1.165) is 63.0 Å². The molecular formula is C28H35NO4. The average Bonchev–Trinajstić information content (AvgIpc) is 3.10. The summed E-state index contributed by atoms with van der Waals surface area (Å²) in [5.41, 5.74) is 10.6. The summed E-state index contributed by atoms with van der Waals surface area (Å²) in [4.78, 5) is 22.8. The van der Waals surface area contributed by atoms with Crippen LogP contribution in [-0.4, -0.2) is 35.6 Å². The van der Waals surface area contributed by atoms with Gasteiger partial charge >= 0.3 is 0 Å². The number of primary amides is 1. The van der Waals surface area contributed by atoms with Crippen LogP contribution in [-0.2, 0) is 12.8 Å². The van der Waals surface area contributed by atoms with Crippen LogP contribution in [0.3, 0.4) is 0 Å². The summed E-state index contributed by atoms with van der Waals surface area (Å²) in [5.74, 6) is 1.42. The zero-order valence-corrected chi connectivity index (χ0v) is 19.5. The molecule has 5 nitrogen and oxygen atoms in total. The number of nitrogens with two attached hydrogens (primary N) is 1. The van der Waals surface area contributed by atoms with Crippen molar-refractivity contribution >= 4 is 12.2 Å². The third-order valence-corrected chi connectivity index (χ3v) is 8.71. The monoisotopic (exact) mass is 449 g/mol. The van der Waals surface area contributed by atoms with Crippen LogP contribution in [0.5, 0.6) is 0 Å². The van der Waals surface area contributed by atoms with Crippen LogP contribution in [0.15, 0.2) is 42.5 Å². The lowest BCUT2D eigenvalue weighted by molar-refractivity contribution is -0.0325. The first-order chi connectivity index (χ1) is 15.9. The van der Waals surface area contributed by atoms with Gasteiger partial charge in [-0.15, -0.1) is 0 Å². The Balaban J connectivity index is 0.00000126. The van der Waals surface area contributed by atoms with E-state index in [2.05, 4.69) is 19.1 Å². The second-order valence-corrected chi connectivity index (χ2v) is 10.2. The van der Waals surface area contributed by atoms with E-state index in [1.165, 1.54) is 11.1 Å². The third-order valence-electron chi connectivity index (χ3n) is 8.71. The first kappa shape index (κ1) is 23.7. The summed E-state index contributed by atoms with van der Waals surface area (Å²) in [6.45, 7) is 2.30. The summed E-state index contributed by atoms with van der Waals surface area (Å²) < 4.78 is 0. The molecule has 2 aromatic rings. The highest BCUT2D eigenvalue weighted by Crippen LogP contribution is 2.62. The number of aryl methyl sites for hydroxylation is 1. The van der Waals surface area contributed by atoms with E-state index in [1.807, 2.05) is 24.3 Å². The van der Waals surface area contributed by atoms with Gasteiger partial charge in [0.2, 0.25) is 5.91 Å². The lowest BCUT2D eigenvalue weighted by Crippen LogP contribution is -2.44. The number of fused-ring (bicyclic) bond motifs is 5. The summed E-state index contributed by atoms with van der Waals surface area (Å²) >= 11 is 0. The SMILES string of the molecule is CC12CCC3c4ccc(C=O)cc4CCC3C1CC(Cc1cccc(C(N)=O)c1)C2O.CO. The smallest absolute Gasteiger partial charge is 0.248 e. The van der Waals surface area contributed by atoms with Gasteiger partial charge in [0, 0.05) is 18.2 Å². The molecule has 0 spiro atoms. The number of carbonyl (C=O) groups excluding carboxylic acids is 2. The van der Waals surface area contributed by atoms with E-state index >= 15 is 0 Å². The van der Waals surface area contributed by atoms with Crippen molar-refractivity contribution in [2.75, 3.05) is 7.11 Å². The minimum atomic E-state index is -0.407. The molecule has 3 aliphatic carbocycles. The van der Waals surface area contributed by atoms with E-state index in [4.69, 9.17) is 10.8 Å². The Morgan fingerprint density at radius 2 is 1.97 bits per heavy atom. The highest BCUT2D eigenvalue weighted by atomic mass is 16.3. The van der Waals surface area contributed by atoms with E-state index in [1.54, 1.807) is 6.07 Å². The van der Waals surface area contributed by atoms with Crippen LogP contribution in [0.4, 0.5) is 0 Å². The number of aliphatic hydroxyl groups is 2. The molecule has 0 radical (unpaired) electrons. The van der Waals surface area contributed by atoms with Crippen LogP contribution in [0.25, 0.3) is 0 Å². The summed E-state index contributed by atoms with van der Waals surface area (Å²) in [7, 11) is 1.00. The topological polar surface area (TPSA) is 101 Å². The Bertz CT molecular complexity index is 1030. The molecule has 176 valence electrons. The van der Waals surface area contributed by atoms with Gasteiger partial charge in [0.15, 0.2) is 0 Å². The van der Waals surface area contributed by atoms with Crippen molar-refractivity contribution in [3.63, 3.8) is 0 Å². The Morgan fingerprint density at radius 1 is 1.18 bits per heavy atom. The van der Waals surface area contributed by atoms with Crippen molar-refractivity contribution in [1.82, 2.24) is 0 Å². The number of rotatable bonds is 4. The van der Waals surface area contributed by atoms with Crippen molar-refractivity contribution in [3.8, 4) is 0 Å². The minimum Gasteiger partial charge on any atom is -0.400 e. The van der Waals surface area contributed by atoms with Gasteiger partial charge in [-0.3, -0.25) is 9.59 Å². The van der Waals surface area contributed by atoms with Gasteiger partial charge in [-0.05, 0) is 103 Å². The molecule has 0 bridgehead atoms. The highest BCUT2D eigenvalue weighted by molar-refractivity contribution is 5.92. The molecule has 6 atom stereocenters. The lowest BCUT2D eigenvalue weighted by atomic mass is 9.55. The first-order valence-electron chi connectivity index (χ1n) is 12.0. The number of aliphatic hydroxyl groups excluding tert-OH is 2. The van der Waals surface area contributed by atoms with Crippen LogP contribution in [0, 0.1) is 23.2 Å². The third kappa shape index (κ3) is 4.13. The van der Waals surface area contributed by atoms with E-state index in [9.17, 15) is 14.7 Å². The maximum absolute atomic E-state index is 11.6. The Morgan fingerprint density at radius 3 is 2.70 bits per heavy atom. The highest BCUT2D eigenvalue weighted by Gasteiger charge is 2.57. The fourth-order valence-corrected chi connectivity index (χ4v) is 7.18. The van der Waals surface area contributed by atoms with Crippen molar-refractivity contribution in [2.45, 2.75) is 57.5 Å². The maximum Gasteiger partial charge on any atom is 0.248 e. The molecule has 3 aliphatic rings. The number of amides is 1. The lowest BCUT2D eigenvalue weighted by Gasteiger charge is -2.50. The molecule has 0 saturated heterocycles. The molecule has 0 heterocycles. The maximum atomic E-state index is 11.6. The molecule has 5 heteroatoms. The second kappa shape index (κ2) is 9.40. The molecule has 5 rings (SSSR count). The van der Waals surface area contributed by atoms with Crippen molar-refractivity contribution < 1.29 is 19.8 Å². The zero-order valence-electron chi connectivity index (χ0n) is 19.5. The fraction of sp³-hybridized carbons (Fsp3) is 0.500. The summed E-state index contributed by atoms with van der Waals surface area (Å²) in [5, 5.41) is 18.4. The standard InChI is InChI=1S/C27H31NO3.CH4O/c1-27-10-9-22-21-7-5-17(15-29)13-18(21)6-8-23(22)24(27)14-20(25(27)30)12-16-3-2-4-19(11-16)26(28)31;1-2/h2-5,7,11,13,15,20,22-25,30H,6,8-10,12,14H2,1H3,(H2,28,31);2H,1H3. The fourth-order valence-electron chi connectivity index (χ4n) is 7.18. The minimum absolute atomic E-state index is 0.0482. The first-order valence-corrected chi connectivity index (χ1v) is 12.0. The molecule has 2 aromatic carbocycles. The van der Waals surface area contributed by atoms with E-state index in [0.29, 0.717) is 23.3 Å². The van der Waals surface area contributed by atoms with Crippen molar-refractivity contribution in [1.29, 1.82) is 0 Å². The Hall–Kier alpha value is -2.50. The van der Waals surface area contributed by atoms with Crippen molar-refractivity contribution in [2.24, 2.45) is 28.9 Å². The van der Waals surface area contributed by atoms with E-state index < -0.39 is 5.91 Å². The quantitative estimate of drug-likeness (QED) is 0.617. The number of hydrogen-bond acceptors (Lipinski definition) is 4. The van der Waals surface area contributed by atoms with Gasteiger partial charge in [0.25, 0.3) is 0 Å². The van der Waals surface area contributed by atoms with Crippen LogP contribution >= 0.6 is 0 Å². The van der Waals surface area contributed by atoms with Gasteiger partial charge in [0.05, 0.1) is 6.10 Å². The van der Waals surface area contributed by atoms with Crippen LogP contribution in [0.1, 0.15) is 75.9 Å². The predicted molar refractivity (Wildman–Crippen MR) is 128 cm³/mol. The summed E-state index contributed by atoms with van der Waals surface area (Å²) in [6.07, 6.45) is 6.72. The molecule has 33 heavy (non-hydrogen) atoms. The molecule has 4 N–H and O–H groups in total. The molecule has 1 amide bonds.